The topological polar surface area (TPSA) is 48.6 Å². The van der Waals surface area contributed by atoms with Crippen molar-refractivity contribution in [1.82, 2.24) is 9.97 Å². The van der Waals surface area contributed by atoms with Gasteiger partial charge in [-0.05, 0) is 47.9 Å². The molecule has 0 radical (unpaired) electrons. The Morgan fingerprint density at radius 1 is 1.10 bits per heavy atom. The molecule has 6 heteroatoms. The van der Waals surface area contributed by atoms with E-state index in [0.717, 1.165) is 32.2 Å². The van der Waals surface area contributed by atoms with E-state index in [2.05, 4.69) is 41.8 Å². The van der Waals surface area contributed by atoms with Gasteiger partial charge < -0.3 is 9.97 Å². The van der Waals surface area contributed by atoms with Crippen molar-refractivity contribution < 1.29 is 4.39 Å². The van der Waals surface area contributed by atoms with Crippen molar-refractivity contribution >= 4 is 42.9 Å². The van der Waals surface area contributed by atoms with Gasteiger partial charge in [-0.15, -0.1) is 0 Å². The highest BCUT2D eigenvalue weighted by molar-refractivity contribution is 9.11. The number of aryl methyl sites for hydroxylation is 1. The Morgan fingerprint density at radius 2 is 1.76 bits per heavy atom. The lowest BCUT2D eigenvalue weighted by Gasteiger charge is -2.14. The molecule has 0 saturated heterocycles. The monoisotopic (exact) mass is 412 g/mol. The number of hydrogen-bond acceptors (Lipinski definition) is 1. The van der Waals surface area contributed by atoms with Gasteiger partial charge >= 0.3 is 5.69 Å². The Morgan fingerprint density at radius 3 is 2.43 bits per heavy atom. The van der Waals surface area contributed by atoms with Crippen LogP contribution in [0.25, 0.3) is 11.0 Å². The fourth-order valence-electron chi connectivity index (χ4n) is 2.36. The van der Waals surface area contributed by atoms with Gasteiger partial charge in [-0.25, -0.2) is 9.18 Å². The van der Waals surface area contributed by atoms with Gasteiger partial charge in [0.2, 0.25) is 0 Å². The quantitative estimate of drug-likeness (QED) is 0.595. The number of aromatic amines is 2. The van der Waals surface area contributed by atoms with Crippen LogP contribution in [0.5, 0.6) is 0 Å². The molecule has 1 aromatic heterocycles. The Labute approximate surface area is 136 Å². The lowest BCUT2D eigenvalue weighted by Crippen LogP contribution is -1.99. The molecule has 0 aliphatic carbocycles. The number of benzene rings is 2. The molecule has 1 atom stereocenters. The first-order chi connectivity index (χ1) is 9.94. The van der Waals surface area contributed by atoms with Gasteiger partial charge in [-0.2, -0.15) is 0 Å². The normalized spacial score (nSPS) is 12.8. The van der Waals surface area contributed by atoms with E-state index in [-0.39, 0.29) is 16.3 Å². The molecular formula is C15H11Br2FN2O. The molecule has 0 spiro atoms. The van der Waals surface area contributed by atoms with Crippen molar-refractivity contribution in [2.45, 2.75) is 11.8 Å². The highest BCUT2D eigenvalue weighted by atomic mass is 79.9. The van der Waals surface area contributed by atoms with E-state index >= 15 is 0 Å². The largest absolute Gasteiger partial charge is 0.323 e. The van der Waals surface area contributed by atoms with E-state index in [1.807, 2.05) is 25.1 Å². The third-order valence-corrected chi connectivity index (χ3v) is 4.97. The van der Waals surface area contributed by atoms with Crippen LogP contribution in [0.4, 0.5) is 4.39 Å². The third kappa shape index (κ3) is 2.82. The molecule has 0 aliphatic heterocycles. The summed E-state index contributed by atoms with van der Waals surface area (Å²) >= 11 is 7.11. The standard InChI is InChI=1S/C15H11Br2FN2O/c1-7-2-8(4-9(18)3-7)14(17)10-5-12-13(6-11(10)16)20-15(21)19-12/h2-6,14H,1H3,(H2,19,20,21). The van der Waals surface area contributed by atoms with Crippen molar-refractivity contribution in [2.75, 3.05) is 0 Å². The van der Waals surface area contributed by atoms with Crippen molar-refractivity contribution in [2.24, 2.45) is 0 Å². The van der Waals surface area contributed by atoms with Crippen LogP contribution in [0.15, 0.2) is 39.6 Å². The first-order valence-electron chi connectivity index (χ1n) is 6.26. The van der Waals surface area contributed by atoms with Crippen molar-refractivity contribution in [3.8, 4) is 0 Å². The van der Waals surface area contributed by atoms with Crippen molar-refractivity contribution in [3.05, 3.63) is 67.8 Å². The Bertz CT molecular complexity index is 865. The number of aromatic nitrogens is 2. The smallest absolute Gasteiger partial charge is 0.306 e. The maximum atomic E-state index is 13.6. The molecule has 1 unspecified atom stereocenters. The first kappa shape index (κ1) is 14.5. The molecule has 3 aromatic rings. The zero-order valence-corrected chi connectivity index (χ0v) is 14.2. The number of hydrogen-bond donors (Lipinski definition) is 2. The molecule has 2 N–H and O–H groups in total. The molecule has 0 saturated carbocycles. The SMILES string of the molecule is Cc1cc(F)cc(C(Br)c2cc3[nH]c(=O)[nH]c3cc2Br)c1. The van der Waals surface area contributed by atoms with E-state index in [1.165, 1.54) is 12.1 Å². The second-order valence-electron chi connectivity index (χ2n) is 4.92. The lowest BCUT2D eigenvalue weighted by atomic mass is 10.0. The van der Waals surface area contributed by atoms with E-state index < -0.39 is 0 Å². The molecular weight excluding hydrogens is 403 g/mol. The molecule has 0 bridgehead atoms. The lowest BCUT2D eigenvalue weighted by molar-refractivity contribution is 0.624. The van der Waals surface area contributed by atoms with Crippen LogP contribution in [-0.4, -0.2) is 9.97 Å². The Hall–Kier alpha value is -1.40. The van der Waals surface area contributed by atoms with E-state index in [1.54, 1.807) is 0 Å². The molecule has 0 fully saturated rings. The maximum Gasteiger partial charge on any atom is 0.323 e. The number of imidazole rings is 1. The fourth-order valence-corrected chi connectivity index (χ4v) is 3.88. The van der Waals surface area contributed by atoms with Gasteiger partial charge in [0, 0.05) is 4.47 Å². The summed E-state index contributed by atoms with van der Waals surface area (Å²) in [5, 5.41) is 0. The second-order valence-corrected chi connectivity index (χ2v) is 6.69. The molecule has 2 aromatic carbocycles. The van der Waals surface area contributed by atoms with Crippen LogP contribution < -0.4 is 5.69 Å². The minimum atomic E-state index is -0.262. The summed E-state index contributed by atoms with van der Waals surface area (Å²) < 4.78 is 14.4. The van der Waals surface area contributed by atoms with Crippen LogP contribution in [0, 0.1) is 12.7 Å². The predicted octanol–water partition coefficient (Wildman–Crippen LogP) is 4.55. The highest BCUT2D eigenvalue weighted by Gasteiger charge is 2.16. The zero-order chi connectivity index (χ0) is 15.1. The number of H-pyrrole nitrogens is 2. The number of fused-ring (bicyclic) bond motifs is 1. The first-order valence-corrected chi connectivity index (χ1v) is 7.97. The number of alkyl halides is 1. The van der Waals surface area contributed by atoms with Crippen LogP contribution in [-0.2, 0) is 0 Å². The average Bonchev–Trinajstić information content (AvgIpc) is 2.75. The number of nitrogens with one attached hydrogen (secondary N) is 2. The summed E-state index contributed by atoms with van der Waals surface area (Å²) in [6, 6.07) is 8.63. The summed E-state index contributed by atoms with van der Waals surface area (Å²) in [6.07, 6.45) is 0. The summed E-state index contributed by atoms with van der Waals surface area (Å²) in [6.45, 7) is 1.86. The van der Waals surface area contributed by atoms with Crippen LogP contribution in [0.3, 0.4) is 0 Å². The molecule has 1 heterocycles. The van der Waals surface area contributed by atoms with Gasteiger partial charge in [0.1, 0.15) is 5.82 Å². The van der Waals surface area contributed by atoms with Gasteiger partial charge in [-0.1, -0.05) is 37.9 Å². The minimum Gasteiger partial charge on any atom is -0.306 e. The van der Waals surface area contributed by atoms with Crippen molar-refractivity contribution in [1.29, 1.82) is 0 Å². The van der Waals surface area contributed by atoms with Crippen LogP contribution >= 0.6 is 31.9 Å². The van der Waals surface area contributed by atoms with Crippen LogP contribution in [0.1, 0.15) is 21.5 Å². The minimum absolute atomic E-state index is 0.177. The summed E-state index contributed by atoms with van der Waals surface area (Å²) in [5.74, 6) is -0.262. The summed E-state index contributed by atoms with van der Waals surface area (Å²) in [4.78, 5) is 16.6. The molecule has 108 valence electrons. The molecule has 0 aliphatic rings. The summed E-state index contributed by atoms with van der Waals surface area (Å²) in [7, 11) is 0. The average molecular weight is 414 g/mol. The Balaban J connectivity index is 2.13. The molecule has 3 nitrogen and oxygen atoms in total. The summed E-state index contributed by atoms with van der Waals surface area (Å²) in [5.41, 5.74) is 3.80. The molecule has 3 rings (SSSR count). The fraction of sp³-hybridized carbons (Fsp3) is 0.133. The molecule has 0 amide bonds. The van der Waals surface area contributed by atoms with Crippen molar-refractivity contribution in [3.63, 3.8) is 0 Å². The van der Waals surface area contributed by atoms with Crippen LogP contribution in [0.2, 0.25) is 0 Å². The molecule has 21 heavy (non-hydrogen) atoms. The second kappa shape index (κ2) is 5.42. The Kier molecular flexibility index (Phi) is 3.75. The highest BCUT2D eigenvalue weighted by Crippen LogP contribution is 2.37. The number of rotatable bonds is 2. The van der Waals surface area contributed by atoms with E-state index in [0.29, 0.717) is 0 Å². The van der Waals surface area contributed by atoms with Gasteiger partial charge in [0.05, 0.1) is 15.9 Å². The zero-order valence-electron chi connectivity index (χ0n) is 11.0. The number of halogens is 3. The predicted molar refractivity (Wildman–Crippen MR) is 88.5 cm³/mol. The van der Waals surface area contributed by atoms with Gasteiger partial charge in [0.25, 0.3) is 0 Å². The van der Waals surface area contributed by atoms with Gasteiger partial charge in [0.15, 0.2) is 0 Å². The van der Waals surface area contributed by atoms with Gasteiger partial charge in [-0.3, -0.25) is 0 Å². The van der Waals surface area contributed by atoms with E-state index in [9.17, 15) is 9.18 Å². The maximum absolute atomic E-state index is 13.6. The third-order valence-electron chi connectivity index (χ3n) is 3.26. The van der Waals surface area contributed by atoms with E-state index in [4.69, 9.17) is 0 Å².